The Morgan fingerprint density at radius 1 is 1.00 bits per heavy atom. The van der Waals surface area contributed by atoms with E-state index in [2.05, 4.69) is 17.0 Å². The van der Waals surface area contributed by atoms with Crippen molar-refractivity contribution in [3.05, 3.63) is 59.4 Å². The number of carbonyl (C=O) groups excluding carboxylic acids is 1. The molecule has 2 aromatic carbocycles. The molecule has 1 aliphatic heterocycles. The van der Waals surface area contributed by atoms with Crippen molar-refractivity contribution in [3.8, 4) is 11.5 Å². The lowest BCUT2D eigenvalue weighted by atomic mass is 9.99. The molecule has 0 atom stereocenters. The number of carbonyl (C=O) groups is 1. The fourth-order valence-corrected chi connectivity index (χ4v) is 4.38. The standard InChI is InChI=1S/C27H33NO5/c1-20-23-11-17-33-25(23)27(32-15-6-10-22-8-4-3-5-9-22)26(24(20)21(2)29)31-16-7-12-28-13-18-30-19-14-28/h3-5,8-9,11,17H,6-7,10,12-16,18-19H2,1-2H3. The van der Waals surface area contributed by atoms with Crippen molar-refractivity contribution in [1.82, 2.24) is 4.90 Å². The van der Waals surface area contributed by atoms with Crippen LogP contribution in [-0.4, -0.2) is 56.7 Å². The van der Waals surface area contributed by atoms with E-state index >= 15 is 0 Å². The maximum Gasteiger partial charge on any atom is 0.205 e. The highest BCUT2D eigenvalue weighted by molar-refractivity contribution is 6.05. The van der Waals surface area contributed by atoms with E-state index in [0.29, 0.717) is 35.9 Å². The van der Waals surface area contributed by atoms with Crippen LogP contribution in [0, 0.1) is 6.92 Å². The Labute approximate surface area is 195 Å². The zero-order valence-electron chi connectivity index (χ0n) is 19.6. The van der Waals surface area contributed by atoms with Crippen molar-refractivity contribution in [2.75, 3.05) is 46.1 Å². The van der Waals surface area contributed by atoms with Crippen LogP contribution >= 0.6 is 0 Å². The average Bonchev–Trinajstić information content (AvgIpc) is 3.32. The molecule has 33 heavy (non-hydrogen) atoms. The van der Waals surface area contributed by atoms with Gasteiger partial charge in [-0.05, 0) is 50.3 Å². The number of benzene rings is 2. The van der Waals surface area contributed by atoms with Crippen LogP contribution < -0.4 is 9.47 Å². The second-order valence-corrected chi connectivity index (χ2v) is 8.47. The lowest BCUT2D eigenvalue weighted by Gasteiger charge is -2.26. The van der Waals surface area contributed by atoms with Crippen LogP contribution in [-0.2, 0) is 11.2 Å². The quantitative estimate of drug-likeness (QED) is 0.300. The maximum absolute atomic E-state index is 12.6. The van der Waals surface area contributed by atoms with Crippen LogP contribution in [0.3, 0.4) is 0 Å². The molecule has 0 saturated carbocycles. The van der Waals surface area contributed by atoms with Gasteiger partial charge < -0.3 is 18.6 Å². The molecule has 1 saturated heterocycles. The third-order valence-corrected chi connectivity index (χ3v) is 6.10. The number of fused-ring (bicyclic) bond motifs is 1. The van der Waals surface area contributed by atoms with Gasteiger partial charge in [-0.25, -0.2) is 0 Å². The summed E-state index contributed by atoms with van der Waals surface area (Å²) in [6.45, 7) is 8.93. The van der Waals surface area contributed by atoms with Crippen molar-refractivity contribution < 1.29 is 23.4 Å². The van der Waals surface area contributed by atoms with E-state index in [1.54, 1.807) is 13.2 Å². The Kier molecular flexibility index (Phi) is 8.02. The first-order valence-electron chi connectivity index (χ1n) is 11.8. The molecule has 2 heterocycles. The first kappa shape index (κ1) is 23.3. The summed E-state index contributed by atoms with van der Waals surface area (Å²) in [7, 11) is 0. The number of morpholine rings is 1. The number of ketones is 1. The van der Waals surface area contributed by atoms with Crippen LogP contribution in [0.2, 0.25) is 0 Å². The van der Waals surface area contributed by atoms with Crippen LogP contribution in [0.1, 0.15) is 41.3 Å². The number of rotatable bonds is 11. The summed E-state index contributed by atoms with van der Waals surface area (Å²) in [6.07, 6.45) is 4.27. The summed E-state index contributed by atoms with van der Waals surface area (Å²) in [5, 5.41) is 0.888. The Morgan fingerprint density at radius 2 is 1.73 bits per heavy atom. The van der Waals surface area contributed by atoms with E-state index in [1.165, 1.54) is 5.56 Å². The minimum Gasteiger partial charge on any atom is -0.489 e. The summed E-state index contributed by atoms with van der Waals surface area (Å²) < 4.78 is 23.7. The number of furan rings is 1. The molecule has 0 aliphatic carbocycles. The van der Waals surface area contributed by atoms with E-state index in [-0.39, 0.29) is 5.78 Å². The zero-order valence-corrected chi connectivity index (χ0v) is 19.6. The van der Waals surface area contributed by atoms with Crippen molar-refractivity contribution in [2.24, 2.45) is 0 Å². The highest BCUT2D eigenvalue weighted by Crippen LogP contribution is 2.43. The highest BCUT2D eigenvalue weighted by atomic mass is 16.5. The molecule has 3 aromatic rings. The van der Waals surface area contributed by atoms with Crippen molar-refractivity contribution in [2.45, 2.75) is 33.1 Å². The number of ether oxygens (including phenoxy) is 3. The van der Waals surface area contributed by atoms with Crippen LogP contribution in [0.15, 0.2) is 47.1 Å². The third-order valence-electron chi connectivity index (χ3n) is 6.10. The van der Waals surface area contributed by atoms with Gasteiger partial charge >= 0.3 is 0 Å². The molecule has 6 nitrogen and oxygen atoms in total. The molecule has 0 amide bonds. The lowest BCUT2D eigenvalue weighted by Crippen LogP contribution is -2.37. The van der Waals surface area contributed by atoms with Gasteiger partial charge in [0.25, 0.3) is 0 Å². The molecule has 176 valence electrons. The molecule has 4 rings (SSSR count). The van der Waals surface area contributed by atoms with E-state index in [4.69, 9.17) is 18.6 Å². The first-order valence-corrected chi connectivity index (χ1v) is 11.8. The predicted octanol–water partition coefficient (Wildman–Crippen LogP) is 5.06. The molecule has 0 spiro atoms. The molecular weight excluding hydrogens is 418 g/mol. The molecule has 0 bridgehead atoms. The molecule has 1 aliphatic rings. The Bertz CT molecular complexity index is 1050. The number of hydrogen-bond donors (Lipinski definition) is 0. The second kappa shape index (κ2) is 11.3. The average molecular weight is 452 g/mol. The van der Waals surface area contributed by atoms with Gasteiger partial charge in [0.1, 0.15) is 0 Å². The number of nitrogens with zero attached hydrogens (tertiary/aromatic N) is 1. The third kappa shape index (κ3) is 5.75. The van der Waals surface area contributed by atoms with Gasteiger partial charge in [0.05, 0.1) is 38.3 Å². The Balaban J connectivity index is 1.49. The molecule has 1 aromatic heterocycles. The summed E-state index contributed by atoms with van der Waals surface area (Å²) in [6, 6.07) is 12.2. The van der Waals surface area contributed by atoms with E-state index in [1.807, 2.05) is 31.2 Å². The van der Waals surface area contributed by atoms with E-state index in [0.717, 1.165) is 63.1 Å². The SMILES string of the molecule is CC(=O)c1c(OCCCN2CCOCC2)c(OCCCc2ccccc2)c2occc2c1C. The fraction of sp³-hybridized carbons (Fsp3) is 0.444. The van der Waals surface area contributed by atoms with Gasteiger partial charge in [-0.1, -0.05) is 30.3 Å². The summed E-state index contributed by atoms with van der Waals surface area (Å²) in [5.41, 5.74) is 3.36. The summed E-state index contributed by atoms with van der Waals surface area (Å²) >= 11 is 0. The molecule has 1 fully saturated rings. The zero-order chi connectivity index (χ0) is 23.0. The van der Waals surface area contributed by atoms with Gasteiger partial charge in [-0.2, -0.15) is 0 Å². The van der Waals surface area contributed by atoms with Gasteiger partial charge in [-0.3, -0.25) is 9.69 Å². The monoisotopic (exact) mass is 451 g/mol. The number of hydrogen-bond acceptors (Lipinski definition) is 6. The van der Waals surface area contributed by atoms with Crippen LogP contribution in [0.5, 0.6) is 11.5 Å². The minimum absolute atomic E-state index is 0.0343. The lowest BCUT2D eigenvalue weighted by molar-refractivity contribution is 0.0357. The largest absolute Gasteiger partial charge is 0.489 e. The smallest absolute Gasteiger partial charge is 0.205 e. The van der Waals surface area contributed by atoms with E-state index in [9.17, 15) is 4.79 Å². The second-order valence-electron chi connectivity index (χ2n) is 8.47. The van der Waals surface area contributed by atoms with Gasteiger partial charge in [-0.15, -0.1) is 0 Å². The molecule has 0 N–H and O–H groups in total. The van der Waals surface area contributed by atoms with Crippen molar-refractivity contribution in [1.29, 1.82) is 0 Å². The number of aryl methyl sites for hydroxylation is 2. The van der Waals surface area contributed by atoms with Gasteiger partial charge in [0.15, 0.2) is 17.1 Å². The number of Topliss-reactive ketones (excluding diaryl/α,β-unsaturated/α-hetero) is 1. The normalized spacial score (nSPS) is 14.5. The maximum atomic E-state index is 12.6. The van der Waals surface area contributed by atoms with Gasteiger partial charge in [0, 0.05) is 25.0 Å². The Morgan fingerprint density at radius 3 is 2.48 bits per heavy atom. The summed E-state index contributed by atoms with van der Waals surface area (Å²) in [4.78, 5) is 15.0. The molecular formula is C27H33NO5. The topological polar surface area (TPSA) is 61.1 Å². The molecule has 6 heteroatoms. The molecule has 0 radical (unpaired) electrons. The van der Waals surface area contributed by atoms with Gasteiger partial charge in [0.2, 0.25) is 5.75 Å². The summed E-state index contributed by atoms with van der Waals surface area (Å²) in [5.74, 6) is 1.00. The predicted molar refractivity (Wildman–Crippen MR) is 129 cm³/mol. The minimum atomic E-state index is -0.0343. The van der Waals surface area contributed by atoms with Crippen molar-refractivity contribution >= 4 is 16.8 Å². The Hall–Kier alpha value is -2.83. The van der Waals surface area contributed by atoms with Crippen molar-refractivity contribution in [3.63, 3.8) is 0 Å². The molecule has 0 unspecified atom stereocenters. The fourth-order valence-electron chi connectivity index (χ4n) is 4.38. The van der Waals surface area contributed by atoms with Crippen LogP contribution in [0.25, 0.3) is 11.0 Å². The van der Waals surface area contributed by atoms with Crippen LogP contribution in [0.4, 0.5) is 0 Å². The van der Waals surface area contributed by atoms with E-state index < -0.39 is 0 Å². The highest BCUT2D eigenvalue weighted by Gasteiger charge is 2.25. The first-order chi connectivity index (χ1) is 16.1.